The van der Waals surface area contributed by atoms with Crippen LogP contribution in [-0.4, -0.2) is 24.2 Å². The van der Waals surface area contributed by atoms with Gasteiger partial charge in [-0.3, -0.25) is 4.79 Å². The van der Waals surface area contributed by atoms with Gasteiger partial charge in [-0.25, -0.2) is 0 Å². The average molecular weight is 325 g/mol. The number of carbonyl (C=O) groups is 1. The Morgan fingerprint density at radius 1 is 1.12 bits per heavy atom. The van der Waals surface area contributed by atoms with Gasteiger partial charge in [0, 0.05) is 24.2 Å². The third-order valence-corrected chi connectivity index (χ3v) is 4.17. The van der Waals surface area contributed by atoms with Crippen LogP contribution in [0.5, 0.6) is 5.75 Å². The largest absolute Gasteiger partial charge is 0.494 e. The molecule has 4 nitrogen and oxygen atoms in total. The molecule has 1 fully saturated rings. The number of anilines is 1. The third-order valence-electron chi connectivity index (χ3n) is 4.17. The van der Waals surface area contributed by atoms with Gasteiger partial charge in [0.05, 0.1) is 6.61 Å². The fourth-order valence-corrected chi connectivity index (χ4v) is 2.61. The smallest absolute Gasteiger partial charge is 0.303 e. The van der Waals surface area contributed by atoms with Crippen LogP contribution in [0.15, 0.2) is 48.5 Å². The molecular weight excluding hydrogens is 302 g/mol. The first-order valence-corrected chi connectivity index (χ1v) is 8.50. The zero-order valence-electron chi connectivity index (χ0n) is 13.7. The molecule has 0 amide bonds. The van der Waals surface area contributed by atoms with Crippen LogP contribution < -0.4 is 10.1 Å². The van der Waals surface area contributed by atoms with Crippen molar-refractivity contribution in [3.05, 3.63) is 48.5 Å². The minimum absolute atomic E-state index is 0.137. The van der Waals surface area contributed by atoms with Crippen LogP contribution >= 0.6 is 0 Å². The van der Waals surface area contributed by atoms with Crippen molar-refractivity contribution in [2.75, 3.05) is 18.5 Å². The van der Waals surface area contributed by atoms with E-state index in [9.17, 15) is 4.79 Å². The quantitative estimate of drug-likeness (QED) is 0.670. The number of carboxylic acid groups (broad SMARTS) is 1. The molecule has 0 saturated heterocycles. The molecule has 0 bridgehead atoms. The first-order chi connectivity index (χ1) is 11.7. The van der Waals surface area contributed by atoms with Gasteiger partial charge in [-0.15, -0.1) is 0 Å². The summed E-state index contributed by atoms with van der Waals surface area (Å²) >= 11 is 0. The van der Waals surface area contributed by atoms with Gasteiger partial charge in [0.1, 0.15) is 5.75 Å². The Morgan fingerprint density at radius 3 is 2.58 bits per heavy atom. The minimum Gasteiger partial charge on any atom is -0.494 e. The molecule has 2 aromatic carbocycles. The SMILES string of the molecule is O=C(O)CCCOc1ccc(-c2ccccc2NCC2CC2)cc1. The van der Waals surface area contributed by atoms with Crippen LogP contribution in [0.3, 0.4) is 0 Å². The first kappa shape index (κ1) is 16.4. The number of para-hydroxylation sites is 1. The van der Waals surface area contributed by atoms with Crippen LogP contribution in [0, 0.1) is 5.92 Å². The van der Waals surface area contributed by atoms with Crippen molar-refractivity contribution in [2.45, 2.75) is 25.7 Å². The zero-order valence-corrected chi connectivity index (χ0v) is 13.7. The summed E-state index contributed by atoms with van der Waals surface area (Å²) in [5, 5.41) is 12.2. The molecule has 0 heterocycles. The fourth-order valence-electron chi connectivity index (χ4n) is 2.61. The molecule has 0 atom stereocenters. The van der Waals surface area contributed by atoms with E-state index in [0.717, 1.165) is 23.8 Å². The predicted octanol–water partition coefficient (Wildman–Crippen LogP) is 4.42. The van der Waals surface area contributed by atoms with Gasteiger partial charge in [-0.05, 0) is 48.9 Å². The molecule has 1 aliphatic rings. The summed E-state index contributed by atoms with van der Waals surface area (Å²) in [5.41, 5.74) is 3.50. The second-order valence-electron chi connectivity index (χ2n) is 6.24. The van der Waals surface area contributed by atoms with Crippen molar-refractivity contribution < 1.29 is 14.6 Å². The van der Waals surface area contributed by atoms with Crippen molar-refractivity contribution in [3.63, 3.8) is 0 Å². The normalized spacial score (nSPS) is 13.5. The molecule has 0 spiro atoms. The van der Waals surface area contributed by atoms with Crippen molar-refractivity contribution in [1.82, 2.24) is 0 Å². The Labute approximate surface area is 142 Å². The number of hydrogen-bond acceptors (Lipinski definition) is 3. The number of rotatable bonds is 9. The third kappa shape index (κ3) is 4.75. The molecule has 0 aliphatic heterocycles. The number of ether oxygens (including phenoxy) is 1. The maximum absolute atomic E-state index is 10.5. The van der Waals surface area contributed by atoms with E-state index in [1.165, 1.54) is 24.1 Å². The summed E-state index contributed by atoms with van der Waals surface area (Å²) < 4.78 is 5.59. The van der Waals surface area contributed by atoms with Crippen LogP contribution in [0.25, 0.3) is 11.1 Å². The fraction of sp³-hybridized carbons (Fsp3) is 0.350. The van der Waals surface area contributed by atoms with Gasteiger partial charge < -0.3 is 15.2 Å². The van der Waals surface area contributed by atoms with Crippen molar-refractivity contribution >= 4 is 11.7 Å². The van der Waals surface area contributed by atoms with Gasteiger partial charge in [0.15, 0.2) is 0 Å². The molecule has 2 N–H and O–H groups in total. The van der Waals surface area contributed by atoms with E-state index in [1.807, 2.05) is 30.3 Å². The summed E-state index contributed by atoms with van der Waals surface area (Å²) in [6.45, 7) is 1.47. The zero-order chi connectivity index (χ0) is 16.8. The van der Waals surface area contributed by atoms with E-state index in [4.69, 9.17) is 9.84 Å². The predicted molar refractivity (Wildman–Crippen MR) is 95.5 cm³/mol. The molecule has 2 aromatic rings. The van der Waals surface area contributed by atoms with E-state index in [-0.39, 0.29) is 6.42 Å². The Bertz CT molecular complexity index is 678. The highest BCUT2D eigenvalue weighted by atomic mass is 16.5. The van der Waals surface area contributed by atoms with E-state index in [2.05, 4.69) is 23.5 Å². The highest BCUT2D eigenvalue weighted by molar-refractivity contribution is 5.78. The lowest BCUT2D eigenvalue weighted by Crippen LogP contribution is -2.04. The molecule has 24 heavy (non-hydrogen) atoms. The summed E-state index contributed by atoms with van der Waals surface area (Å²) in [5.74, 6) is 0.816. The minimum atomic E-state index is -0.788. The molecule has 0 unspecified atom stereocenters. The Kier molecular flexibility index (Phi) is 5.36. The van der Waals surface area contributed by atoms with Crippen molar-refractivity contribution in [2.24, 2.45) is 5.92 Å². The molecule has 1 saturated carbocycles. The van der Waals surface area contributed by atoms with Crippen molar-refractivity contribution in [1.29, 1.82) is 0 Å². The van der Waals surface area contributed by atoms with E-state index in [1.54, 1.807) is 0 Å². The van der Waals surface area contributed by atoms with Crippen LogP contribution in [0.2, 0.25) is 0 Å². The Morgan fingerprint density at radius 2 is 1.88 bits per heavy atom. The van der Waals surface area contributed by atoms with Gasteiger partial charge in [0.2, 0.25) is 0 Å². The number of aliphatic carboxylic acids is 1. The number of benzene rings is 2. The second kappa shape index (κ2) is 7.86. The molecule has 3 rings (SSSR count). The highest BCUT2D eigenvalue weighted by Crippen LogP contribution is 2.32. The molecule has 0 aromatic heterocycles. The molecule has 1 aliphatic carbocycles. The van der Waals surface area contributed by atoms with E-state index in [0.29, 0.717) is 13.0 Å². The second-order valence-corrected chi connectivity index (χ2v) is 6.24. The number of nitrogens with one attached hydrogen (secondary N) is 1. The topological polar surface area (TPSA) is 58.6 Å². The van der Waals surface area contributed by atoms with Crippen LogP contribution in [-0.2, 0) is 4.79 Å². The van der Waals surface area contributed by atoms with Crippen molar-refractivity contribution in [3.8, 4) is 16.9 Å². The average Bonchev–Trinajstić information content (AvgIpc) is 3.42. The monoisotopic (exact) mass is 325 g/mol. The summed E-state index contributed by atoms with van der Waals surface area (Å²) in [7, 11) is 0. The number of carboxylic acids is 1. The van der Waals surface area contributed by atoms with Crippen LogP contribution in [0.1, 0.15) is 25.7 Å². The van der Waals surface area contributed by atoms with E-state index < -0.39 is 5.97 Å². The number of hydrogen-bond donors (Lipinski definition) is 2. The lowest BCUT2D eigenvalue weighted by molar-refractivity contribution is -0.137. The summed E-state index contributed by atoms with van der Waals surface area (Å²) in [6, 6.07) is 16.3. The van der Waals surface area contributed by atoms with Gasteiger partial charge in [-0.2, -0.15) is 0 Å². The van der Waals surface area contributed by atoms with Crippen LogP contribution in [0.4, 0.5) is 5.69 Å². The summed E-state index contributed by atoms with van der Waals surface area (Å²) in [4.78, 5) is 10.5. The summed E-state index contributed by atoms with van der Waals surface area (Å²) in [6.07, 6.45) is 3.33. The molecule has 0 radical (unpaired) electrons. The molecular formula is C20H23NO3. The first-order valence-electron chi connectivity index (χ1n) is 8.50. The van der Waals surface area contributed by atoms with Gasteiger partial charge >= 0.3 is 5.97 Å². The maximum Gasteiger partial charge on any atom is 0.303 e. The highest BCUT2D eigenvalue weighted by Gasteiger charge is 2.20. The van der Waals surface area contributed by atoms with E-state index >= 15 is 0 Å². The lowest BCUT2D eigenvalue weighted by Gasteiger charge is -2.12. The Balaban J connectivity index is 1.61. The molecule has 4 heteroatoms. The van der Waals surface area contributed by atoms with Gasteiger partial charge in [-0.1, -0.05) is 30.3 Å². The Hall–Kier alpha value is -2.49. The lowest BCUT2D eigenvalue weighted by atomic mass is 10.0. The van der Waals surface area contributed by atoms with Gasteiger partial charge in [0.25, 0.3) is 0 Å². The maximum atomic E-state index is 10.5. The molecule has 126 valence electrons. The standard InChI is InChI=1S/C20H23NO3/c22-20(23)6-3-13-24-17-11-9-16(10-12-17)18-4-1-2-5-19(18)21-14-15-7-8-15/h1-2,4-5,9-12,15,21H,3,6-8,13-14H2,(H,22,23).